The van der Waals surface area contributed by atoms with E-state index in [1.54, 1.807) is 6.08 Å². The van der Waals surface area contributed by atoms with Crippen LogP contribution in [0.4, 0.5) is 0 Å². The van der Waals surface area contributed by atoms with Gasteiger partial charge in [-0.2, -0.15) is 0 Å². The highest BCUT2D eigenvalue weighted by Gasteiger charge is 2.18. The summed E-state index contributed by atoms with van der Waals surface area (Å²) in [6.45, 7) is 4.23. The smallest absolute Gasteiger partial charge is 0.220 e. The van der Waals surface area contributed by atoms with Crippen molar-refractivity contribution < 1.29 is 15.0 Å². The minimum absolute atomic E-state index is 0.0586. The molecule has 0 saturated heterocycles. The quantitative estimate of drug-likeness (QED) is 0.0420. The zero-order valence-electron chi connectivity index (χ0n) is 47.3. The van der Waals surface area contributed by atoms with Gasteiger partial charge in [-0.3, -0.25) is 4.79 Å². The van der Waals surface area contributed by atoms with Gasteiger partial charge in [0.25, 0.3) is 0 Å². The predicted molar refractivity (Wildman–Crippen MR) is 313 cm³/mol. The first-order chi connectivity index (χ1) is 34.7. The predicted octanol–water partition coefficient (Wildman–Crippen LogP) is 21.2. The molecule has 0 aliphatic rings. The molecule has 0 bridgehead atoms. The molecule has 0 saturated carbocycles. The normalized spacial score (nSPS) is 13.1. The summed E-state index contributed by atoms with van der Waals surface area (Å²) in [6.07, 6.45) is 87.0. The lowest BCUT2D eigenvalue weighted by Gasteiger charge is -2.20. The van der Waals surface area contributed by atoms with Gasteiger partial charge in [0.15, 0.2) is 0 Å². The Labute approximate surface area is 438 Å². The van der Waals surface area contributed by atoms with E-state index < -0.39 is 12.1 Å². The zero-order valence-corrected chi connectivity index (χ0v) is 47.3. The minimum atomic E-state index is -0.841. The van der Waals surface area contributed by atoms with Crippen molar-refractivity contribution >= 4 is 5.91 Å². The van der Waals surface area contributed by atoms with Gasteiger partial charge >= 0.3 is 0 Å². The van der Waals surface area contributed by atoms with Crippen molar-refractivity contribution in [3.63, 3.8) is 0 Å². The molecule has 0 spiro atoms. The fourth-order valence-electron chi connectivity index (χ4n) is 9.76. The van der Waals surface area contributed by atoms with Gasteiger partial charge in [0.2, 0.25) is 5.91 Å². The van der Waals surface area contributed by atoms with Crippen molar-refractivity contribution in [1.82, 2.24) is 5.32 Å². The fourth-order valence-corrected chi connectivity index (χ4v) is 9.76. The maximum absolute atomic E-state index is 12.5. The largest absolute Gasteiger partial charge is 0.394 e. The lowest BCUT2D eigenvalue weighted by atomic mass is 10.0. The Bertz CT molecular complexity index is 1150. The highest BCUT2D eigenvalue weighted by Crippen LogP contribution is 2.18. The molecule has 0 aromatic heterocycles. The Morgan fingerprint density at radius 1 is 0.357 bits per heavy atom. The van der Waals surface area contributed by atoms with Crippen molar-refractivity contribution in [2.75, 3.05) is 6.61 Å². The molecule has 410 valence electrons. The molecule has 4 nitrogen and oxygen atoms in total. The Kier molecular flexibility index (Phi) is 59.7. The van der Waals surface area contributed by atoms with Crippen LogP contribution in [0.1, 0.15) is 335 Å². The maximum Gasteiger partial charge on any atom is 0.220 e. The first-order valence-corrected chi connectivity index (χ1v) is 31.5. The Morgan fingerprint density at radius 3 is 0.943 bits per heavy atom. The molecule has 0 radical (unpaired) electrons. The summed E-state index contributed by atoms with van der Waals surface area (Å²) in [5.41, 5.74) is 0. The molecule has 4 heteroatoms. The van der Waals surface area contributed by atoms with E-state index in [9.17, 15) is 15.0 Å². The molecule has 70 heavy (non-hydrogen) atoms. The molecule has 0 aliphatic carbocycles. The van der Waals surface area contributed by atoms with E-state index in [0.29, 0.717) is 6.42 Å². The number of nitrogens with one attached hydrogen (secondary N) is 1. The van der Waals surface area contributed by atoms with E-state index in [1.807, 2.05) is 6.08 Å². The molecule has 0 aromatic rings. The van der Waals surface area contributed by atoms with Gasteiger partial charge in [-0.1, -0.05) is 331 Å². The number of aliphatic hydroxyl groups is 2. The average molecular weight is 979 g/mol. The number of hydrogen-bond donors (Lipinski definition) is 3. The molecular weight excluding hydrogens is 855 g/mol. The molecule has 0 rings (SSSR count). The van der Waals surface area contributed by atoms with Crippen molar-refractivity contribution in [2.24, 2.45) is 0 Å². The van der Waals surface area contributed by atoms with Crippen molar-refractivity contribution in [1.29, 1.82) is 0 Å². The molecule has 2 unspecified atom stereocenters. The van der Waals surface area contributed by atoms with E-state index in [1.165, 1.54) is 263 Å². The minimum Gasteiger partial charge on any atom is -0.394 e. The summed E-state index contributed by atoms with van der Waals surface area (Å²) < 4.78 is 0. The van der Waals surface area contributed by atoms with Gasteiger partial charge in [-0.05, 0) is 57.8 Å². The van der Waals surface area contributed by atoms with E-state index in [0.717, 1.165) is 51.4 Å². The number of amides is 1. The molecular formula is C66H123NO3. The third-order valence-electron chi connectivity index (χ3n) is 14.5. The van der Waals surface area contributed by atoms with E-state index >= 15 is 0 Å². The van der Waals surface area contributed by atoms with Gasteiger partial charge in [0.05, 0.1) is 18.8 Å². The second-order valence-electron chi connectivity index (χ2n) is 21.5. The van der Waals surface area contributed by atoms with Crippen LogP contribution in [-0.2, 0) is 4.79 Å². The standard InChI is InChI=1S/C66H123NO3/c1-3-5-7-9-11-13-15-17-19-21-23-25-27-29-30-31-32-33-34-35-36-38-40-42-44-46-48-50-52-54-56-58-60-62-66(70)67-64(63-68)65(69)61-59-57-55-53-51-49-47-45-43-41-39-37-28-26-24-22-20-18-16-14-12-10-8-6-4-2/h5,7,11,13,17,19,23,25,59,61,64-65,68-69H,3-4,6,8-10,12,14-16,18,20-22,24,26-58,60,62-63H2,1-2H3,(H,67,70)/b7-5-,13-11-,19-17-,25-23-,61-59+. The second kappa shape index (κ2) is 61.4. The molecule has 1 amide bonds. The summed E-state index contributed by atoms with van der Waals surface area (Å²) in [4.78, 5) is 12.5. The van der Waals surface area contributed by atoms with Gasteiger partial charge in [0, 0.05) is 6.42 Å². The summed E-state index contributed by atoms with van der Waals surface area (Å²) >= 11 is 0. The van der Waals surface area contributed by atoms with Crippen LogP contribution in [-0.4, -0.2) is 34.9 Å². The number of carbonyl (C=O) groups excluding carboxylic acids is 1. The second-order valence-corrected chi connectivity index (χ2v) is 21.5. The Hall–Kier alpha value is -1.91. The van der Waals surface area contributed by atoms with Gasteiger partial charge in [-0.25, -0.2) is 0 Å². The third kappa shape index (κ3) is 57.0. The van der Waals surface area contributed by atoms with Crippen molar-refractivity contribution in [3.05, 3.63) is 60.8 Å². The van der Waals surface area contributed by atoms with Crippen LogP contribution in [0.2, 0.25) is 0 Å². The van der Waals surface area contributed by atoms with E-state index in [-0.39, 0.29) is 12.5 Å². The van der Waals surface area contributed by atoms with Crippen molar-refractivity contribution in [2.45, 2.75) is 347 Å². The number of carbonyl (C=O) groups is 1. The number of unbranched alkanes of at least 4 members (excludes halogenated alkanes) is 43. The number of allylic oxidation sites excluding steroid dienone is 9. The lowest BCUT2D eigenvalue weighted by molar-refractivity contribution is -0.123. The first-order valence-electron chi connectivity index (χ1n) is 31.5. The average Bonchev–Trinajstić information content (AvgIpc) is 3.36. The number of hydrogen-bond acceptors (Lipinski definition) is 3. The highest BCUT2D eigenvalue weighted by molar-refractivity contribution is 5.76. The molecule has 2 atom stereocenters. The van der Waals surface area contributed by atoms with Crippen LogP contribution < -0.4 is 5.32 Å². The lowest BCUT2D eigenvalue weighted by Crippen LogP contribution is -2.45. The number of aliphatic hydroxyl groups excluding tert-OH is 2. The van der Waals surface area contributed by atoms with Gasteiger partial charge < -0.3 is 15.5 Å². The summed E-state index contributed by atoms with van der Waals surface area (Å²) in [5.74, 6) is -0.0586. The topological polar surface area (TPSA) is 69.6 Å². The van der Waals surface area contributed by atoms with E-state index in [4.69, 9.17) is 0 Å². The van der Waals surface area contributed by atoms with Gasteiger partial charge in [0.1, 0.15) is 0 Å². The fraction of sp³-hybridized carbons (Fsp3) is 0.833. The summed E-state index contributed by atoms with van der Waals surface area (Å²) in [6, 6.07) is -0.623. The van der Waals surface area contributed by atoms with Crippen LogP contribution in [0.15, 0.2) is 60.8 Å². The van der Waals surface area contributed by atoms with Gasteiger partial charge in [-0.15, -0.1) is 0 Å². The van der Waals surface area contributed by atoms with Crippen LogP contribution in [0.5, 0.6) is 0 Å². The zero-order chi connectivity index (χ0) is 50.6. The first kappa shape index (κ1) is 68.1. The summed E-state index contributed by atoms with van der Waals surface area (Å²) in [5, 5.41) is 23.3. The van der Waals surface area contributed by atoms with Crippen LogP contribution in [0, 0.1) is 0 Å². The van der Waals surface area contributed by atoms with Crippen LogP contribution >= 0.6 is 0 Å². The number of rotatable bonds is 58. The molecule has 0 aliphatic heterocycles. The third-order valence-corrected chi connectivity index (χ3v) is 14.5. The van der Waals surface area contributed by atoms with Crippen LogP contribution in [0.25, 0.3) is 0 Å². The molecule has 0 fully saturated rings. The maximum atomic E-state index is 12.5. The van der Waals surface area contributed by atoms with Crippen LogP contribution in [0.3, 0.4) is 0 Å². The SMILES string of the molecule is CC/C=C\C/C=C\C/C=C\C/C=C\CCCCCCCCCCCCCCCCCCCCCCC(=O)NC(CO)C(O)/C=C/CCCCCCCCCCCCCCCCCCCCCCCCC. The van der Waals surface area contributed by atoms with Crippen molar-refractivity contribution in [3.8, 4) is 0 Å². The van der Waals surface area contributed by atoms with E-state index in [2.05, 4.69) is 67.8 Å². The Morgan fingerprint density at radius 2 is 0.629 bits per heavy atom. The highest BCUT2D eigenvalue weighted by atomic mass is 16.3. The Balaban J connectivity index is 3.45. The molecule has 0 aromatic carbocycles. The monoisotopic (exact) mass is 978 g/mol. The molecule has 3 N–H and O–H groups in total. The molecule has 0 heterocycles. The summed E-state index contributed by atoms with van der Waals surface area (Å²) in [7, 11) is 0.